The van der Waals surface area contributed by atoms with Gasteiger partial charge in [-0.2, -0.15) is 0 Å². The molecule has 0 atom stereocenters. The highest BCUT2D eigenvalue weighted by Gasteiger charge is 2.17. The lowest BCUT2D eigenvalue weighted by Gasteiger charge is -2.21. The van der Waals surface area contributed by atoms with Crippen LogP contribution in [0.1, 0.15) is 12.8 Å². The molecule has 0 saturated carbocycles. The van der Waals surface area contributed by atoms with Crippen LogP contribution < -0.4 is 10.6 Å². The highest BCUT2D eigenvalue weighted by molar-refractivity contribution is 4.58. The fraction of sp³-hybridized carbons (Fsp3) is 1.00. The van der Waals surface area contributed by atoms with Crippen molar-refractivity contribution in [1.82, 2.24) is 20.7 Å². The molecule has 4 N–H and O–H groups in total. The lowest BCUT2D eigenvalue weighted by atomic mass is 10.3. The Labute approximate surface area is 128 Å². The van der Waals surface area contributed by atoms with E-state index in [1.165, 1.54) is 10.0 Å². The normalized spacial score (nSPS) is 21.5. The lowest BCUT2D eigenvalue weighted by Crippen LogP contribution is -2.42. The zero-order valence-corrected chi connectivity index (χ0v) is 12.5. The van der Waals surface area contributed by atoms with Gasteiger partial charge in [-0.1, -0.05) is 0 Å². The van der Waals surface area contributed by atoms with E-state index < -0.39 is 0 Å². The van der Waals surface area contributed by atoms with E-state index in [0.717, 1.165) is 19.5 Å². The molecule has 12 nitrogen and oxygen atoms in total. The van der Waals surface area contributed by atoms with Gasteiger partial charge in [-0.05, 0) is 25.9 Å². The summed E-state index contributed by atoms with van der Waals surface area (Å²) in [7, 11) is 0. The molecule has 12 heteroatoms. The number of nitrogens with one attached hydrogen (secondary N) is 2. The minimum absolute atomic E-state index is 0.130. The summed E-state index contributed by atoms with van der Waals surface area (Å²) < 4.78 is 0. The summed E-state index contributed by atoms with van der Waals surface area (Å²) in [4.78, 5) is 0.260. The van der Waals surface area contributed by atoms with Gasteiger partial charge in [-0.15, -0.1) is 10.0 Å². The molecule has 1 saturated heterocycles. The first kappa shape index (κ1) is 18.0. The molecule has 0 bridgehead atoms. The van der Waals surface area contributed by atoms with Crippen molar-refractivity contribution >= 4 is 0 Å². The summed E-state index contributed by atoms with van der Waals surface area (Å²) in [5.41, 5.74) is 0. The van der Waals surface area contributed by atoms with Gasteiger partial charge in [0.1, 0.15) is 0 Å². The van der Waals surface area contributed by atoms with Crippen LogP contribution in [0.5, 0.6) is 0 Å². The van der Waals surface area contributed by atoms with Crippen molar-refractivity contribution in [2.75, 3.05) is 52.4 Å². The number of hydrazine groups is 2. The smallest absolute Gasteiger partial charge is 0.230 e. The summed E-state index contributed by atoms with van der Waals surface area (Å²) in [6, 6.07) is 0. The topological polar surface area (TPSA) is 148 Å². The highest BCUT2D eigenvalue weighted by atomic mass is 16.6. The second-order valence-electron chi connectivity index (χ2n) is 4.80. The first-order valence-electron chi connectivity index (χ1n) is 7.24. The Hall–Kier alpha value is -2.08. The van der Waals surface area contributed by atoms with Crippen molar-refractivity contribution in [3.05, 3.63) is 10.4 Å². The molecule has 22 heavy (non-hydrogen) atoms. The van der Waals surface area contributed by atoms with Crippen LogP contribution in [-0.4, -0.2) is 82.7 Å². The van der Waals surface area contributed by atoms with Crippen molar-refractivity contribution in [3.8, 4) is 0 Å². The first-order chi connectivity index (χ1) is 10.7. The average molecular weight is 320 g/mol. The van der Waals surface area contributed by atoms with Crippen LogP contribution in [0.4, 0.5) is 0 Å². The molecule has 0 radical (unpaired) electrons. The largest absolute Gasteiger partial charge is 0.569 e. The zero-order chi connectivity index (χ0) is 16.2. The standard InChI is InChI=1S/C10H24N8O4/c19-13-17(21)15-7-2-8-16(18(22)14-20)10-6-12-4-1-3-11-5-9-15/h11-12,19-20H,1-10H2/b17-13-,18-14-. The van der Waals surface area contributed by atoms with Crippen molar-refractivity contribution in [1.29, 1.82) is 0 Å². The molecular weight excluding hydrogens is 296 g/mol. The van der Waals surface area contributed by atoms with E-state index >= 15 is 0 Å². The van der Waals surface area contributed by atoms with Crippen molar-refractivity contribution in [2.24, 2.45) is 10.6 Å². The van der Waals surface area contributed by atoms with Crippen LogP contribution in [0.3, 0.4) is 0 Å². The van der Waals surface area contributed by atoms with Crippen molar-refractivity contribution in [2.45, 2.75) is 12.8 Å². The van der Waals surface area contributed by atoms with Gasteiger partial charge in [-0.25, -0.2) is 0 Å². The van der Waals surface area contributed by atoms with E-state index in [-0.39, 0.29) is 9.94 Å². The molecule has 0 aliphatic carbocycles. The van der Waals surface area contributed by atoms with E-state index in [1.807, 2.05) is 0 Å². The summed E-state index contributed by atoms with van der Waals surface area (Å²) in [5, 5.41) is 54.3. The van der Waals surface area contributed by atoms with Gasteiger partial charge in [0.25, 0.3) is 0 Å². The third kappa shape index (κ3) is 6.58. The maximum absolute atomic E-state index is 11.4. The summed E-state index contributed by atoms with van der Waals surface area (Å²) in [6.45, 7) is 4.11. The van der Waals surface area contributed by atoms with Crippen LogP contribution in [0.15, 0.2) is 10.6 Å². The van der Waals surface area contributed by atoms with Gasteiger partial charge in [0.2, 0.25) is 10.6 Å². The maximum atomic E-state index is 11.4. The lowest BCUT2D eigenvalue weighted by molar-refractivity contribution is -0.715. The summed E-state index contributed by atoms with van der Waals surface area (Å²) >= 11 is 0. The van der Waals surface area contributed by atoms with Crippen molar-refractivity contribution < 1.29 is 20.4 Å². The van der Waals surface area contributed by atoms with Gasteiger partial charge in [-0.3, -0.25) is 0 Å². The minimum atomic E-state index is 0.130. The maximum Gasteiger partial charge on any atom is 0.230 e. The molecule has 1 fully saturated rings. The molecule has 0 unspecified atom stereocenters. The molecular formula is C10H24N8O4. The predicted octanol–water partition coefficient (Wildman–Crippen LogP) is -0.903. The van der Waals surface area contributed by atoms with Crippen LogP contribution in [-0.2, 0) is 0 Å². The van der Waals surface area contributed by atoms with Crippen molar-refractivity contribution in [3.63, 3.8) is 0 Å². The Morgan fingerprint density at radius 2 is 1.18 bits per heavy atom. The molecule has 0 aromatic rings. The van der Waals surface area contributed by atoms with Gasteiger partial charge < -0.3 is 31.5 Å². The summed E-state index contributed by atoms with van der Waals surface area (Å²) in [5.74, 6) is 0. The fourth-order valence-electron chi connectivity index (χ4n) is 2.12. The molecule has 1 heterocycles. The number of nitrogens with zero attached hydrogens (tertiary/aromatic N) is 6. The van der Waals surface area contributed by atoms with Crippen LogP contribution >= 0.6 is 0 Å². The minimum Gasteiger partial charge on any atom is -0.569 e. The Morgan fingerprint density at radius 1 is 0.727 bits per heavy atom. The molecule has 1 rings (SSSR count). The predicted molar refractivity (Wildman–Crippen MR) is 73.8 cm³/mol. The number of hydrogen-bond acceptors (Lipinski definition) is 6. The van der Waals surface area contributed by atoms with Gasteiger partial charge >= 0.3 is 0 Å². The van der Waals surface area contributed by atoms with E-state index in [0.29, 0.717) is 45.7 Å². The van der Waals surface area contributed by atoms with Gasteiger partial charge in [0, 0.05) is 13.1 Å². The van der Waals surface area contributed by atoms with E-state index in [2.05, 4.69) is 21.2 Å². The van der Waals surface area contributed by atoms with Gasteiger partial charge in [0.15, 0.2) is 0 Å². The molecule has 0 aromatic heterocycles. The fourth-order valence-corrected chi connectivity index (χ4v) is 2.12. The Bertz CT molecular complexity index is 335. The SMILES string of the molecule is [O-]/[N+](=N\O)N1CCCN(/[N+]([O-])=N/O)CCNCCCNCC1. The third-order valence-corrected chi connectivity index (χ3v) is 3.27. The Balaban J connectivity index is 2.61. The second-order valence-corrected chi connectivity index (χ2v) is 4.80. The molecule has 128 valence electrons. The summed E-state index contributed by atoms with van der Waals surface area (Å²) in [6.07, 6.45) is 1.36. The van der Waals surface area contributed by atoms with E-state index in [4.69, 9.17) is 10.4 Å². The Kier molecular flexibility index (Phi) is 8.67. The second kappa shape index (κ2) is 10.6. The molecule has 0 aromatic carbocycles. The van der Waals surface area contributed by atoms with Gasteiger partial charge in [0.05, 0.1) is 36.1 Å². The monoisotopic (exact) mass is 320 g/mol. The van der Waals surface area contributed by atoms with E-state index in [9.17, 15) is 10.4 Å². The number of rotatable bonds is 2. The molecule has 0 spiro atoms. The average Bonchev–Trinajstić information content (AvgIpc) is 2.55. The molecule has 0 amide bonds. The van der Waals surface area contributed by atoms with E-state index in [1.54, 1.807) is 0 Å². The highest BCUT2D eigenvalue weighted by Crippen LogP contribution is 1.98. The van der Waals surface area contributed by atoms with Crippen LogP contribution in [0.25, 0.3) is 0 Å². The third-order valence-electron chi connectivity index (χ3n) is 3.27. The number of hydrogen-bond donors (Lipinski definition) is 4. The zero-order valence-electron chi connectivity index (χ0n) is 12.5. The van der Waals surface area contributed by atoms with Crippen LogP contribution in [0, 0.1) is 10.4 Å². The van der Waals surface area contributed by atoms with Crippen LogP contribution in [0.2, 0.25) is 0 Å². The Morgan fingerprint density at radius 3 is 1.59 bits per heavy atom. The molecule has 1 aliphatic rings. The first-order valence-corrected chi connectivity index (χ1v) is 7.24. The quantitative estimate of drug-likeness (QED) is 0.290. The molecule has 1 aliphatic heterocycles.